The average molecular weight is 409 g/mol. The van der Waals surface area contributed by atoms with Crippen LogP contribution >= 0.6 is 0 Å². The summed E-state index contributed by atoms with van der Waals surface area (Å²) in [5.41, 5.74) is 2.32. The van der Waals surface area contributed by atoms with Crippen molar-refractivity contribution in [3.63, 3.8) is 0 Å². The van der Waals surface area contributed by atoms with Gasteiger partial charge in [-0.3, -0.25) is 4.90 Å². The number of piperidine rings is 1. The van der Waals surface area contributed by atoms with Crippen LogP contribution < -0.4 is 0 Å². The molecule has 6 heteroatoms. The van der Waals surface area contributed by atoms with Crippen LogP contribution in [0.15, 0.2) is 46.9 Å². The first kappa shape index (κ1) is 20.4. The van der Waals surface area contributed by atoms with Crippen molar-refractivity contribution >= 4 is 16.9 Å². The molecule has 1 fully saturated rings. The van der Waals surface area contributed by atoms with E-state index < -0.39 is 5.97 Å². The fourth-order valence-corrected chi connectivity index (χ4v) is 4.27. The molecule has 0 saturated carbocycles. The number of carbonyl (C=O) groups is 1. The van der Waals surface area contributed by atoms with E-state index in [9.17, 15) is 15.0 Å². The maximum Gasteiger partial charge on any atom is 0.342 e. The van der Waals surface area contributed by atoms with E-state index >= 15 is 0 Å². The van der Waals surface area contributed by atoms with Crippen LogP contribution in [0, 0.1) is 5.92 Å². The summed E-state index contributed by atoms with van der Waals surface area (Å²) < 4.78 is 11.5. The summed E-state index contributed by atoms with van der Waals surface area (Å²) in [7, 11) is 0. The Morgan fingerprint density at radius 2 is 2.03 bits per heavy atom. The van der Waals surface area contributed by atoms with Gasteiger partial charge in [-0.2, -0.15) is 0 Å². The molecule has 4 rings (SSSR count). The molecule has 1 saturated heterocycles. The molecule has 0 radical (unpaired) electrons. The highest BCUT2D eigenvalue weighted by Gasteiger charge is 2.28. The van der Waals surface area contributed by atoms with Crippen molar-refractivity contribution < 1.29 is 24.2 Å². The lowest BCUT2D eigenvalue weighted by atomic mass is 9.96. The summed E-state index contributed by atoms with van der Waals surface area (Å²) in [6.07, 6.45) is 1.99. The molecule has 1 aliphatic heterocycles. The maximum absolute atomic E-state index is 13.0. The van der Waals surface area contributed by atoms with E-state index in [2.05, 4.69) is 4.90 Å². The molecule has 1 aromatic heterocycles. The zero-order valence-corrected chi connectivity index (χ0v) is 17.1. The molecule has 158 valence electrons. The lowest BCUT2D eigenvalue weighted by Crippen LogP contribution is -2.36. The summed E-state index contributed by atoms with van der Waals surface area (Å²) in [6.45, 7) is 4.28. The molecule has 2 aromatic carbocycles. The van der Waals surface area contributed by atoms with Crippen molar-refractivity contribution in [2.75, 3.05) is 26.3 Å². The predicted octanol–water partition coefficient (Wildman–Crippen LogP) is 4.19. The summed E-state index contributed by atoms with van der Waals surface area (Å²) in [5.74, 6) is 0.338. The molecule has 30 heavy (non-hydrogen) atoms. The molecular formula is C24H27NO5. The van der Waals surface area contributed by atoms with Crippen LogP contribution in [0.1, 0.15) is 35.7 Å². The zero-order valence-electron chi connectivity index (χ0n) is 17.1. The fourth-order valence-electron chi connectivity index (χ4n) is 4.27. The standard InChI is InChI=1S/C24H27NO5/c1-2-29-24(28)22-21-18(14-25-12-6-7-16(13-25)15-26)19(27)10-11-20(21)30-23(22)17-8-4-3-5-9-17/h3-5,8-11,16,26-27H,2,6-7,12-15H2,1H3. The highest BCUT2D eigenvalue weighted by molar-refractivity contribution is 6.10. The van der Waals surface area contributed by atoms with E-state index in [1.807, 2.05) is 30.3 Å². The molecule has 2 heterocycles. The number of rotatable bonds is 6. The highest BCUT2D eigenvalue weighted by Crippen LogP contribution is 2.39. The van der Waals surface area contributed by atoms with Crippen LogP contribution in [0.4, 0.5) is 0 Å². The van der Waals surface area contributed by atoms with Crippen LogP contribution in [0.3, 0.4) is 0 Å². The number of aliphatic hydroxyl groups is 1. The molecule has 0 aliphatic carbocycles. The van der Waals surface area contributed by atoms with Gasteiger partial charge in [0.1, 0.15) is 22.7 Å². The van der Waals surface area contributed by atoms with Gasteiger partial charge in [0.25, 0.3) is 0 Å². The number of nitrogens with zero attached hydrogens (tertiary/aromatic N) is 1. The van der Waals surface area contributed by atoms with Crippen molar-refractivity contribution in [1.29, 1.82) is 0 Å². The highest BCUT2D eigenvalue weighted by atomic mass is 16.5. The number of furan rings is 1. The number of hydrogen-bond acceptors (Lipinski definition) is 6. The van der Waals surface area contributed by atoms with Crippen molar-refractivity contribution in [2.24, 2.45) is 5.92 Å². The summed E-state index contributed by atoms with van der Waals surface area (Å²) in [6, 6.07) is 12.7. The second-order valence-electron chi connectivity index (χ2n) is 7.76. The van der Waals surface area contributed by atoms with Crippen molar-refractivity contribution in [2.45, 2.75) is 26.3 Å². The monoisotopic (exact) mass is 409 g/mol. The number of hydrogen-bond donors (Lipinski definition) is 2. The molecule has 1 atom stereocenters. The number of benzene rings is 2. The number of aliphatic hydroxyl groups excluding tert-OH is 1. The number of fused-ring (bicyclic) bond motifs is 1. The van der Waals surface area contributed by atoms with Gasteiger partial charge in [-0.15, -0.1) is 0 Å². The Kier molecular flexibility index (Phi) is 6.06. The quantitative estimate of drug-likeness (QED) is 0.594. The Labute approximate surface area is 175 Å². The van der Waals surface area contributed by atoms with Crippen molar-refractivity contribution in [3.8, 4) is 17.1 Å². The van der Waals surface area contributed by atoms with E-state index in [1.54, 1.807) is 19.1 Å². The van der Waals surface area contributed by atoms with E-state index in [1.165, 1.54) is 0 Å². The lowest BCUT2D eigenvalue weighted by molar-refractivity contribution is 0.0528. The average Bonchev–Trinajstić information content (AvgIpc) is 3.17. The molecule has 3 aromatic rings. The van der Waals surface area contributed by atoms with E-state index in [0.29, 0.717) is 34.4 Å². The van der Waals surface area contributed by atoms with Gasteiger partial charge in [-0.1, -0.05) is 30.3 Å². The molecule has 1 aliphatic rings. The molecule has 0 amide bonds. The second-order valence-corrected chi connectivity index (χ2v) is 7.76. The molecule has 0 spiro atoms. The number of carbonyl (C=O) groups excluding carboxylic acids is 1. The van der Waals surface area contributed by atoms with Crippen LogP contribution in [0.2, 0.25) is 0 Å². The summed E-state index contributed by atoms with van der Waals surface area (Å²) in [5, 5.41) is 20.9. The Bertz CT molecular complexity index is 1030. The topological polar surface area (TPSA) is 83.1 Å². The van der Waals surface area contributed by atoms with Gasteiger partial charge in [-0.25, -0.2) is 4.79 Å². The van der Waals surface area contributed by atoms with Gasteiger partial charge in [0.15, 0.2) is 0 Å². The van der Waals surface area contributed by atoms with Crippen molar-refractivity contribution in [3.05, 3.63) is 53.6 Å². The zero-order chi connectivity index (χ0) is 21.1. The number of esters is 1. The number of aromatic hydroxyl groups is 1. The fraction of sp³-hybridized carbons (Fsp3) is 0.375. The molecule has 2 N–H and O–H groups in total. The normalized spacial score (nSPS) is 17.3. The Morgan fingerprint density at radius 1 is 1.23 bits per heavy atom. The first-order chi connectivity index (χ1) is 14.6. The van der Waals surface area contributed by atoms with E-state index in [-0.39, 0.29) is 24.9 Å². The summed E-state index contributed by atoms with van der Waals surface area (Å²) in [4.78, 5) is 15.2. The minimum absolute atomic E-state index is 0.125. The van der Waals surface area contributed by atoms with Crippen LogP contribution in [-0.4, -0.2) is 47.4 Å². The SMILES string of the molecule is CCOC(=O)c1c(-c2ccccc2)oc2ccc(O)c(CN3CCCC(CO)C3)c12. The molecule has 1 unspecified atom stereocenters. The smallest absolute Gasteiger partial charge is 0.342 e. The van der Waals surface area contributed by atoms with E-state index in [4.69, 9.17) is 9.15 Å². The van der Waals surface area contributed by atoms with Crippen molar-refractivity contribution in [1.82, 2.24) is 4.90 Å². The van der Waals surface area contributed by atoms with Gasteiger partial charge in [-0.05, 0) is 44.4 Å². The molecular weight excluding hydrogens is 382 g/mol. The van der Waals surface area contributed by atoms with Crippen LogP contribution in [0.5, 0.6) is 5.75 Å². The van der Waals surface area contributed by atoms with Crippen LogP contribution in [0.25, 0.3) is 22.3 Å². The van der Waals surface area contributed by atoms with Gasteiger partial charge >= 0.3 is 5.97 Å². The molecule has 6 nitrogen and oxygen atoms in total. The number of phenolic OH excluding ortho intramolecular Hbond substituents is 1. The summed E-state index contributed by atoms with van der Waals surface area (Å²) >= 11 is 0. The van der Waals surface area contributed by atoms with Gasteiger partial charge in [0.05, 0.1) is 6.61 Å². The first-order valence-corrected chi connectivity index (χ1v) is 10.5. The Morgan fingerprint density at radius 3 is 2.77 bits per heavy atom. The maximum atomic E-state index is 13.0. The third kappa shape index (κ3) is 3.93. The predicted molar refractivity (Wildman–Crippen MR) is 114 cm³/mol. The largest absolute Gasteiger partial charge is 0.508 e. The van der Waals surface area contributed by atoms with Gasteiger partial charge in [0.2, 0.25) is 0 Å². The minimum Gasteiger partial charge on any atom is -0.508 e. The van der Waals surface area contributed by atoms with Gasteiger partial charge < -0.3 is 19.4 Å². The first-order valence-electron chi connectivity index (χ1n) is 10.5. The van der Waals surface area contributed by atoms with E-state index in [0.717, 1.165) is 31.5 Å². The molecule has 0 bridgehead atoms. The second kappa shape index (κ2) is 8.90. The number of ether oxygens (including phenoxy) is 1. The Balaban J connectivity index is 1.85. The third-order valence-corrected chi connectivity index (χ3v) is 5.70. The number of phenols is 1. The third-order valence-electron chi connectivity index (χ3n) is 5.70. The van der Waals surface area contributed by atoms with Gasteiger partial charge in [0, 0.05) is 36.2 Å². The number of likely N-dealkylation sites (tertiary alicyclic amines) is 1. The minimum atomic E-state index is -0.464. The lowest BCUT2D eigenvalue weighted by Gasteiger charge is -2.32. The van der Waals surface area contributed by atoms with Crippen LogP contribution in [-0.2, 0) is 11.3 Å². The Hall–Kier alpha value is -2.83.